The summed E-state index contributed by atoms with van der Waals surface area (Å²) >= 11 is 0. The predicted octanol–water partition coefficient (Wildman–Crippen LogP) is 1.38. The lowest BCUT2D eigenvalue weighted by Gasteiger charge is -2.27. The summed E-state index contributed by atoms with van der Waals surface area (Å²) in [4.78, 5) is 4.35. The minimum atomic E-state index is -0.0449. The zero-order valence-electron chi connectivity index (χ0n) is 10.1. The van der Waals surface area contributed by atoms with E-state index in [0.717, 1.165) is 24.8 Å². The summed E-state index contributed by atoms with van der Waals surface area (Å²) in [5.41, 5.74) is 6.95. The van der Waals surface area contributed by atoms with Crippen LogP contribution in [0.5, 0.6) is 5.88 Å². The molecule has 2 saturated carbocycles. The normalized spacial score (nSPS) is 34.3. The first-order valence-corrected chi connectivity index (χ1v) is 6.50. The molecule has 4 rings (SSSR count). The second kappa shape index (κ2) is 3.45. The van der Waals surface area contributed by atoms with Crippen molar-refractivity contribution in [2.24, 2.45) is 11.7 Å². The van der Waals surface area contributed by atoms with E-state index in [1.807, 2.05) is 12.3 Å². The van der Waals surface area contributed by atoms with Crippen LogP contribution in [-0.2, 0) is 0 Å². The van der Waals surface area contributed by atoms with Gasteiger partial charge in [-0.05, 0) is 25.3 Å². The molecule has 5 nitrogen and oxygen atoms in total. The highest BCUT2D eigenvalue weighted by Gasteiger charge is 2.59. The zero-order valence-corrected chi connectivity index (χ0v) is 10.1. The van der Waals surface area contributed by atoms with E-state index in [0.29, 0.717) is 11.8 Å². The highest BCUT2D eigenvalue weighted by molar-refractivity contribution is 5.55. The lowest BCUT2D eigenvalue weighted by atomic mass is 9.93. The van der Waals surface area contributed by atoms with Gasteiger partial charge in [0.15, 0.2) is 0 Å². The Morgan fingerprint density at radius 2 is 2.28 bits per heavy atom. The predicted molar refractivity (Wildman–Crippen MR) is 66.3 cm³/mol. The van der Waals surface area contributed by atoms with Crippen molar-refractivity contribution in [1.82, 2.24) is 14.6 Å². The van der Waals surface area contributed by atoms with Crippen LogP contribution in [-0.4, -0.2) is 26.2 Å². The summed E-state index contributed by atoms with van der Waals surface area (Å²) in [6, 6.07) is 2.20. The molecule has 5 heteroatoms. The molecule has 2 aliphatic carbocycles. The average molecular weight is 244 g/mol. The molecule has 94 valence electrons. The molecule has 0 aliphatic heterocycles. The summed E-state index contributed by atoms with van der Waals surface area (Å²) < 4.78 is 8.00. The average Bonchev–Trinajstić information content (AvgIpc) is 2.83. The van der Waals surface area contributed by atoms with E-state index in [4.69, 9.17) is 10.5 Å². The van der Waals surface area contributed by atoms with Gasteiger partial charge in [-0.25, -0.2) is 9.50 Å². The molecule has 2 fully saturated rings. The minimum Gasteiger partial charge on any atom is -0.469 e. The van der Waals surface area contributed by atoms with E-state index in [9.17, 15) is 0 Å². The fourth-order valence-electron chi connectivity index (χ4n) is 3.20. The van der Waals surface area contributed by atoms with E-state index in [-0.39, 0.29) is 11.6 Å². The molecule has 0 radical (unpaired) electrons. The van der Waals surface area contributed by atoms with Gasteiger partial charge >= 0.3 is 0 Å². The van der Waals surface area contributed by atoms with Crippen molar-refractivity contribution in [3.63, 3.8) is 0 Å². The summed E-state index contributed by atoms with van der Waals surface area (Å²) in [6.45, 7) is 0. The van der Waals surface area contributed by atoms with Crippen LogP contribution in [0.1, 0.15) is 25.7 Å². The Hall–Kier alpha value is -1.62. The molecule has 0 saturated heterocycles. The fraction of sp³-hybridized carbons (Fsp3) is 0.538. The Balaban J connectivity index is 1.67. The van der Waals surface area contributed by atoms with Gasteiger partial charge in [0.25, 0.3) is 0 Å². The van der Waals surface area contributed by atoms with Crippen molar-refractivity contribution in [3.05, 3.63) is 24.7 Å². The smallest absolute Gasteiger partial charge is 0.240 e. The largest absolute Gasteiger partial charge is 0.469 e. The van der Waals surface area contributed by atoms with Gasteiger partial charge in [0, 0.05) is 30.8 Å². The van der Waals surface area contributed by atoms with Crippen molar-refractivity contribution < 1.29 is 4.74 Å². The summed E-state index contributed by atoms with van der Waals surface area (Å²) in [7, 11) is 0. The van der Waals surface area contributed by atoms with Crippen LogP contribution in [0.25, 0.3) is 5.52 Å². The Morgan fingerprint density at radius 3 is 3.22 bits per heavy atom. The van der Waals surface area contributed by atoms with Gasteiger partial charge in [0.2, 0.25) is 5.88 Å². The van der Waals surface area contributed by atoms with Crippen LogP contribution in [0, 0.1) is 5.92 Å². The third-order valence-electron chi connectivity index (χ3n) is 4.26. The molecule has 2 N–H and O–H groups in total. The van der Waals surface area contributed by atoms with E-state index < -0.39 is 0 Å². The monoisotopic (exact) mass is 244 g/mol. The lowest BCUT2D eigenvalue weighted by molar-refractivity contribution is 0.114. The highest BCUT2D eigenvalue weighted by atomic mass is 16.5. The molecule has 3 unspecified atom stereocenters. The van der Waals surface area contributed by atoms with E-state index in [1.165, 1.54) is 6.42 Å². The number of fused-ring (bicyclic) bond motifs is 2. The van der Waals surface area contributed by atoms with Gasteiger partial charge in [-0.15, -0.1) is 0 Å². The molecule has 3 atom stereocenters. The summed E-state index contributed by atoms with van der Waals surface area (Å²) in [5, 5.41) is 4.20. The molecule has 2 aromatic heterocycles. The Kier molecular flexibility index (Phi) is 1.97. The first kappa shape index (κ1) is 10.3. The maximum Gasteiger partial charge on any atom is 0.240 e. The summed E-state index contributed by atoms with van der Waals surface area (Å²) in [6.07, 6.45) is 9.71. The fourth-order valence-corrected chi connectivity index (χ4v) is 3.20. The van der Waals surface area contributed by atoms with Gasteiger partial charge in [0.05, 0.1) is 6.20 Å². The number of nitrogens with two attached hydrogens (primary N) is 1. The van der Waals surface area contributed by atoms with Crippen LogP contribution in [0.2, 0.25) is 0 Å². The van der Waals surface area contributed by atoms with Crippen molar-refractivity contribution in [2.75, 3.05) is 0 Å². The van der Waals surface area contributed by atoms with E-state index >= 15 is 0 Å². The number of aromatic nitrogens is 3. The molecule has 0 aromatic carbocycles. The molecular formula is C13H16N4O. The molecule has 2 aromatic rings. The SMILES string of the molecule is NC1CCC2CC2(Oc2nccn3nccc23)C1. The molecule has 0 bridgehead atoms. The third-order valence-corrected chi connectivity index (χ3v) is 4.26. The summed E-state index contributed by atoms with van der Waals surface area (Å²) in [5.74, 6) is 1.36. The maximum atomic E-state index is 6.21. The molecule has 2 aliphatic rings. The quantitative estimate of drug-likeness (QED) is 0.866. The number of rotatable bonds is 2. The van der Waals surface area contributed by atoms with Gasteiger partial charge in [-0.2, -0.15) is 5.10 Å². The van der Waals surface area contributed by atoms with Crippen LogP contribution in [0.3, 0.4) is 0 Å². The Bertz CT molecular complexity index is 595. The van der Waals surface area contributed by atoms with Crippen LogP contribution in [0.4, 0.5) is 0 Å². The van der Waals surface area contributed by atoms with Gasteiger partial charge in [0.1, 0.15) is 11.1 Å². The standard InChI is InChI=1S/C13H16N4O/c14-10-2-1-9-7-13(9,8-10)18-12-11-3-4-16-17(11)6-5-15-12/h3-6,9-10H,1-2,7-8,14H2. The molecule has 0 amide bonds. The minimum absolute atomic E-state index is 0.0449. The first-order chi connectivity index (χ1) is 8.77. The van der Waals surface area contributed by atoms with Crippen molar-refractivity contribution in [1.29, 1.82) is 0 Å². The van der Waals surface area contributed by atoms with Gasteiger partial charge in [-0.1, -0.05) is 0 Å². The van der Waals surface area contributed by atoms with Crippen LogP contribution < -0.4 is 10.5 Å². The lowest BCUT2D eigenvalue weighted by Crippen LogP contribution is -2.36. The number of hydrogen-bond acceptors (Lipinski definition) is 4. The van der Waals surface area contributed by atoms with Crippen molar-refractivity contribution in [2.45, 2.75) is 37.3 Å². The topological polar surface area (TPSA) is 65.4 Å². The molecular weight excluding hydrogens is 228 g/mol. The van der Waals surface area contributed by atoms with E-state index in [1.54, 1.807) is 16.9 Å². The first-order valence-electron chi connectivity index (χ1n) is 6.50. The Labute approximate surface area is 105 Å². The van der Waals surface area contributed by atoms with E-state index in [2.05, 4.69) is 10.1 Å². The maximum absolute atomic E-state index is 6.21. The highest BCUT2D eigenvalue weighted by Crippen LogP contribution is 2.55. The third kappa shape index (κ3) is 1.43. The molecule has 0 spiro atoms. The number of hydrogen-bond donors (Lipinski definition) is 1. The molecule has 2 heterocycles. The van der Waals surface area contributed by atoms with Crippen LogP contribution >= 0.6 is 0 Å². The molecule has 18 heavy (non-hydrogen) atoms. The van der Waals surface area contributed by atoms with Crippen molar-refractivity contribution >= 4 is 5.52 Å². The second-order valence-electron chi connectivity index (χ2n) is 5.50. The zero-order chi connectivity index (χ0) is 12.2. The number of nitrogens with zero attached hydrogens (tertiary/aromatic N) is 3. The number of ether oxygens (including phenoxy) is 1. The van der Waals surface area contributed by atoms with Gasteiger partial charge in [-0.3, -0.25) is 0 Å². The van der Waals surface area contributed by atoms with Crippen LogP contribution in [0.15, 0.2) is 24.7 Å². The van der Waals surface area contributed by atoms with Crippen molar-refractivity contribution in [3.8, 4) is 5.88 Å². The Morgan fingerprint density at radius 1 is 1.33 bits per heavy atom. The van der Waals surface area contributed by atoms with Gasteiger partial charge < -0.3 is 10.5 Å². The second-order valence-corrected chi connectivity index (χ2v) is 5.50.